The number of alkyl halides is 18. The van der Waals surface area contributed by atoms with Gasteiger partial charge in [0.1, 0.15) is 6.10 Å². The van der Waals surface area contributed by atoms with Crippen molar-refractivity contribution < 1.29 is 79.7 Å². The first-order valence-corrected chi connectivity index (χ1v) is 11.9. The molecule has 0 radical (unpaired) electrons. The Balaban J connectivity index is 5.81. The Morgan fingerprint density at radius 2 is 0.763 bits per heavy atom. The lowest BCUT2D eigenvalue weighted by Gasteiger charge is -2.43. The molecule has 0 heterocycles. The summed E-state index contributed by atoms with van der Waals surface area (Å²) in [6.45, 7) is 1.92. The van der Waals surface area contributed by atoms with Gasteiger partial charge in [-0.1, -0.05) is 68.0 Å². The van der Waals surface area contributed by atoms with Crippen LogP contribution >= 0.6 is 22.6 Å². The average Bonchev–Trinajstić information content (AvgIpc) is 2.73. The smallest absolute Gasteiger partial charge is 0.387 e. The first kappa shape index (κ1) is 37.5. The number of hydrogen-bond donors (Lipinski definition) is 1. The highest BCUT2D eigenvalue weighted by atomic mass is 127. The maximum Gasteiger partial charge on any atom is 0.460 e. The fourth-order valence-corrected chi connectivity index (χ4v) is 3.48. The van der Waals surface area contributed by atoms with Gasteiger partial charge in [-0.25, -0.2) is 0 Å². The van der Waals surface area contributed by atoms with Crippen LogP contribution in [0.2, 0.25) is 0 Å². The van der Waals surface area contributed by atoms with Gasteiger partial charge in [0.25, 0.3) is 0 Å². The summed E-state index contributed by atoms with van der Waals surface area (Å²) in [5, 5.41) is 9.23. The number of halogens is 18. The van der Waals surface area contributed by atoms with Crippen LogP contribution in [0.4, 0.5) is 74.6 Å². The third-order valence-electron chi connectivity index (χ3n) is 5.49. The van der Waals surface area contributed by atoms with Crippen LogP contribution in [-0.2, 0) is 0 Å². The molecule has 0 aliphatic heterocycles. The van der Waals surface area contributed by atoms with E-state index in [1.54, 1.807) is 0 Å². The zero-order valence-electron chi connectivity index (χ0n) is 19.1. The summed E-state index contributed by atoms with van der Waals surface area (Å²) in [6, 6.07) is 0. The maximum absolute atomic E-state index is 13.9. The highest BCUT2D eigenvalue weighted by Crippen LogP contribution is 2.64. The summed E-state index contributed by atoms with van der Waals surface area (Å²) in [7, 11) is 0. The monoisotopic (exact) mass is 716 g/mol. The van der Waals surface area contributed by atoms with E-state index in [1.807, 2.05) is 6.92 Å². The first-order valence-electron chi connectivity index (χ1n) is 10.6. The number of hydrogen-bond acceptors (Lipinski definition) is 1. The van der Waals surface area contributed by atoms with Gasteiger partial charge in [0.15, 0.2) is 0 Å². The summed E-state index contributed by atoms with van der Waals surface area (Å²) in [6.07, 6.45) is -10.9. The Kier molecular flexibility index (Phi) is 12.0. The molecule has 0 aliphatic rings. The molecule has 0 aromatic carbocycles. The van der Waals surface area contributed by atoms with Crippen molar-refractivity contribution in [3.63, 3.8) is 0 Å². The van der Waals surface area contributed by atoms with Crippen molar-refractivity contribution in [2.24, 2.45) is 0 Å². The summed E-state index contributed by atoms with van der Waals surface area (Å²) in [4.78, 5) is 0. The van der Waals surface area contributed by atoms with Gasteiger partial charge in [-0.2, -0.15) is 74.6 Å². The average molecular weight is 716 g/mol. The van der Waals surface area contributed by atoms with Gasteiger partial charge in [0.05, 0.1) is 0 Å². The van der Waals surface area contributed by atoms with E-state index >= 15 is 0 Å². The number of rotatable bonds is 16. The van der Waals surface area contributed by atoms with Gasteiger partial charge in [-0.15, -0.1) is 0 Å². The lowest BCUT2D eigenvalue weighted by Crippen LogP contribution is -2.75. The minimum Gasteiger partial charge on any atom is -0.387 e. The molecule has 0 aromatic rings. The number of aliphatic hydroxyl groups excluding tert-OH is 1. The fourth-order valence-electron chi connectivity index (χ4n) is 3.04. The van der Waals surface area contributed by atoms with E-state index in [4.69, 9.17) is 0 Å². The Bertz CT molecular complexity index is 748. The quantitative estimate of drug-likeness (QED) is 0.0731. The van der Waals surface area contributed by atoms with E-state index in [9.17, 15) is 79.7 Å². The molecule has 38 heavy (non-hydrogen) atoms. The van der Waals surface area contributed by atoms with Crippen molar-refractivity contribution in [2.75, 3.05) is 0 Å². The minimum atomic E-state index is -8.66. The molecule has 0 spiro atoms. The van der Waals surface area contributed by atoms with E-state index in [-0.39, 0.29) is 12.8 Å². The van der Waals surface area contributed by atoms with Gasteiger partial charge in [0.2, 0.25) is 0 Å². The molecule has 0 amide bonds. The van der Waals surface area contributed by atoms with Crippen molar-refractivity contribution in [1.82, 2.24) is 0 Å². The first-order chi connectivity index (χ1) is 16.6. The van der Waals surface area contributed by atoms with Gasteiger partial charge >= 0.3 is 47.6 Å². The van der Waals surface area contributed by atoms with Crippen LogP contribution in [-0.4, -0.2) is 62.8 Å². The summed E-state index contributed by atoms with van der Waals surface area (Å²) in [5.74, 6) is -57.0. The van der Waals surface area contributed by atoms with Gasteiger partial charge in [-0.3, -0.25) is 0 Å². The Labute approximate surface area is 218 Å². The van der Waals surface area contributed by atoms with Gasteiger partial charge in [0, 0.05) is 3.92 Å². The molecule has 0 saturated carbocycles. The number of unbranched alkanes of at least 4 members (excludes halogenated alkanes) is 5. The molecular weight excluding hydrogens is 694 g/mol. The SMILES string of the molecule is CC(I)CCCCCCCCC(O)C(F)(F)C(F)(F)C(F)(F)C(F)(F)C(F)(F)C(F)(F)C(F)(F)C(F)(F)F. The van der Waals surface area contributed by atoms with Crippen molar-refractivity contribution in [3.05, 3.63) is 0 Å². The van der Waals surface area contributed by atoms with Crippen LogP contribution in [0.25, 0.3) is 0 Å². The van der Waals surface area contributed by atoms with Crippen LogP contribution in [0.3, 0.4) is 0 Å². The van der Waals surface area contributed by atoms with Crippen LogP contribution in [0.1, 0.15) is 58.3 Å². The lowest BCUT2D eigenvalue weighted by molar-refractivity contribution is -0.464. The zero-order valence-corrected chi connectivity index (χ0v) is 21.2. The molecule has 2 atom stereocenters. The zero-order chi connectivity index (χ0) is 30.8. The molecule has 0 bridgehead atoms. The highest BCUT2D eigenvalue weighted by Gasteiger charge is 2.95. The molecule has 0 fully saturated rings. The van der Waals surface area contributed by atoms with Crippen LogP contribution in [0.15, 0.2) is 0 Å². The fraction of sp³-hybridized carbons (Fsp3) is 1.00. The second-order valence-electron chi connectivity index (χ2n) is 8.56. The Morgan fingerprint density at radius 3 is 1.11 bits per heavy atom. The summed E-state index contributed by atoms with van der Waals surface area (Å²) >= 11 is 2.14. The lowest BCUT2D eigenvalue weighted by atomic mass is 9.87. The van der Waals surface area contributed by atoms with E-state index in [1.165, 1.54) is 0 Å². The van der Waals surface area contributed by atoms with Crippen molar-refractivity contribution in [3.8, 4) is 0 Å². The second-order valence-corrected chi connectivity index (χ2v) is 10.7. The molecule has 19 heteroatoms. The second kappa shape index (κ2) is 12.2. The van der Waals surface area contributed by atoms with Crippen molar-refractivity contribution in [2.45, 2.75) is 116 Å². The summed E-state index contributed by atoms with van der Waals surface area (Å²) < 4.78 is 225. The molecule has 230 valence electrons. The van der Waals surface area contributed by atoms with Gasteiger partial charge < -0.3 is 5.11 Å². The maximum atomic E-state index is 13.9. The standard InChI is InChI=1S/C19H22F17IO/c1-10(37)8-6-4-2-3-5-7-9-11(38)12(20,21)13(22,23)14(24,25)15(26,27)16(28,29)17(30,31)18(32,33)19(34,35)36/h10-11,38H,2-9H2,1H3. The molecule has 1 N–H and O–H groups in total. The highest BCUT2D eigenvalue weighted by molar-refractivity contribution is 14.1. The van der Waals surface area contributed by atoms with Gasteiger partial charge in [-0.05, 0) is 12.8 Å². The molecular formula is C19H22F17IO. The minimum absolute atomic E-state index is 0.0815. The third-order valence-corrected chi connectivity index (χ3v) is 6.12. The molecule has 1 nitrogen and oxygen atoms in total. The van der Waals surface area contributed by atoms with Crippen LogP contribution in [0, 0.1) is 0 Å². The molecule has 2 unspecified atom stereocenters. The summed E-state index contributed by atoms with van der Waals surface area (Å²) in [5.41, 5.74) is 0. The van der Waals surface area contributed by atoms with Crippen molar-refractivity contribution in [1.29, 1.82) is 0 Å². The van der Waals surface area contributed by atoms with Crippen LogP contribution < -0.4 is 0 Å². The Hall–Kier alpha value is -0.500. The normalized spacial score (nSPS) is 17.1. The molecule has 0 aliphatic carbocycles. The predicted molar refractivity (Wildman–Crippen MR) is 107 cm³/mol. The van der Waals surface area contributed by atoms with E-state index in [2.05, 4.69) is 22.6 Å². The third kappa shape index (κ3) is 6.69. The topological polar surface area (TPSA) is 20.2 Å². The van der Waals surface area contributed by atoms with E-state index in [0.29, 0.717) is 16.8 Å². The predicted octanol–water partition coefficient (Wildman–Crippen LogP) is 9.30. The van der Waals surface area contributed by atoms with Crippen molar-refractivity contribution >= 4 is 22.6 Å². The molecule has 0 rings (SSSR count). The molecule has 0 aromatic heterocycles. The van der Waals surface area contributed by atoms with E-state index < -0.39 is 66.6 Å². The molecule has 0 saturated heterocycles. The van der Waals surface area contributed by atoms with E-state index in [0.717, 1.165) is 12.8 Å². The largest absolute Gasteiger partial charge is 0.460 e. The van der Waals surface area contributed by atoms with Crippen LogP contribution in [0.5, 0.6) is 0 Å². The number of aliphatic hydroxyl groups is 1. The Morgan fingerprint density at radius 1 is 0.474 bits per heavy atom.